The summed E-state index contributed by atoms with van der Waals surface area (Å²) in [6.07, 6.45) is 1.59. The molecule has 6 heteroatoms. The number of methoxy groups -OCH3 is 1. The van der Waals surface area contributed by atoms with E-state index in [1.165, 1.54) is 7.11 Å². The Hall–Kier alpha value is -2.24. The Labute approximate surface area is 142 Å². The Morgan fingerprint density at radius 1 is 1.29 bits per heavy atom. The van der Waals surface area contributed by atoms with Gasteiger partial charge in [-0.25, -0.2) is 4.79 Å². The van der Waals surface area contributed by atoms with Crippen molar-refractivity contribution in [1.29, 1.82) is 0 Å². The van der Waals surface area contributed by atoms with Crippen LogP contribution in [0.2, 0.25) is 0 Å². The number of likely N-dealkylation sites (tertiary alicyclic amines) is 1. The van der Waals surface area contributed by atoms with Crippen LogP contribution in [0.15, 0.2) is 18.2 Å². The lowest BCUT2D eigenvalue weighted by atomic mass is 9.90. The fourth-order valence-corrected chi connectivity index (χ4v) is 2.91. The van der Waals surface area contributed by atoms with Crippen LogP contribution >= 0.6 is 0 Å². The van der Waals surface area contributed by atoms with E-state index in [1.54, 1.807) is 11.0 Å². The Balaban J connectivity index is 2.15. The van der Waals surface area contributed by atoms with Crippen LogP contribution in [0.1, 0.15) is 55.5 Å². The quantitative estimate of drug-likeness (QED) is 0.921. The van der Waals surface area contributed by atoms with Crippen LogP contribution < -0.4 is 10.5 Å². The first-order valence-electron chi connectivity index (χ1n) is 8.17. The molecule has 1 unspecified atom stereocenters. The summed E-state index contributed by atoms with van der Waals surface area (Å²) >= 11 is 0. The number of hydrogen-bond donors (Lipinski definition) is 1. The van der Waals surface area contributed by atoms with Crippen molar-refractivity contribution in [3.8, 4) is 5.75 Å². The summed E-state index contributed by atoms with van der Waals surface area (Å²) in [4.78, 5) is 25.4. The number of carbonyl (C=O) groups excluding carboxylic acids is 2. The summed E-state index contributed by atoms with van der Waals surface area (Å²) < 4.78 is 10.7. The van der Waals surface area contributed by atoms with E-state index < -0.39 is 11.5 Å². The average Bonchev–Trinajstić information content (AvgIpc) is 2.52. The predicted molar refractivity (Wildman–Crippen MR) is 91.3 cm³/mol. The van der Waals surface area contributed by atoms with E-state index in [0.717, 1.165) is 18.4 Å². The third-order valence-corrected chi connectivity index (χ3v) is 4.04. The fourth-order valence-electron chi connectivity index (χ4n) is 2.91. The summed E-state index contributed by atoms with van der Waals surface area (Å²) in [6, 6.07) is 5.40. The molecular formula is C18H26N2O4. The highest BCUT2D eigenvalue weighted by molar-refractivity contribution is 5.95. The first kappa shape index (κ1) is 18.1. The molecule has 1 aliphatic heterocycles. The maximum Gasteiger partial charge on any atom is 0.410 e. The maximum atomic E-state index is 12.3. The number of carbonyl (C=O) groups is 2. The number of benzene rings is 1. The van der Waals surface area contributed by atoms with Crippen LogP contribution in [0.25, 0.3) is 0 Å². The number of nitrogens with two attached hydrogens (primary N) is 1. The van der Waals surface area contributed by atoms with Crippen molar-refractivity contribution in [2.24, 2.45) is 5.73 Å². The molecule has 2 amide bonds. The average molecular weight is 334 g/mol. The molecule has 6 nitrogen and oxygen atoms in total. The molecule has 0 aliphatic carbocycles. The summed E-state index contributed by atoms with van der Waals surface area (Å²) in [5, 5.41) is 0. The van der Waals surface area contributed by atoms with Gasteiger partial charge in [-0.05, 0) is 51.3 Å². The number of ether oxygens (including phenoxy) is 2. The third-order valence-electron chi connectivity index (χ3n) is 4.04. The molecule has 24 heavy (non-hydrogen) atoms. The molecule has 132 valence electrons. The topological polar surface area (TPSA) is 81.9 Å². The SMILES string of the molecule is COc1cc(C2CCCN(C(=O)OC(C)(C)C)C2)ccc1C(N)=O. The molecule has 2 N–H and O–H groups in total. The van der Waals surface area contributed by atoms with Gasteiger partial charge in [0.25, 0.3) is 5.91 Å². The third kappa shape index (κ3) is 4.40. The van der Waals surface area contributed by atoms with E-state index in [2.05, 4.69) is 0 Å². The Kier molecular flexibility index (Phi) is 5.36. The molecular weight excluding hydrogens is 308 g/mol. The number of primary amides is 1. The highest BCUT2D eigenvalue weighted by atomic mass is 16.6. The molecule has 0 radical (unpaired) electrons. The molecule has 0 saturated carbocycles. The second-order valence-electron chi connectivity index (χ2n) is 7.09. The van der Waals surface area contributed by atoms with Crippen molar-refractivity contribution >= 4 is 12.0 Å². The van der Waals surface area contributed by atoms with E-state index in [4.69, 9.17) is 15.2 Å². The first-order chi connectivity index (χ1) is 11.2. The highest BCUT2D eigenvalue weighted by Crippen LogP contribution is 2.31. The van der Waals surface area contributed by atoms with Gasteiger partial charge in [-0.1, -0.05) is 6.07 Å². The van der Waals surface area contributed by atoms with E-state index in [1.807, 2.05) is 32.9 Å². The van der Waals surface area contributed by atoms with Crippen LogP contribution in [0.5, 0.6) is 5.75 Å². The van der Waals surface area contributed by atoms with Crippen LogP contribution in [0.4, 0.5) is 4.79 Å². The monoisotopic (exact) mass is 334 g/mol. The minimum atomic E-state index is -0.516. The van der Waals surface area contributed by atoms with Crippen LogP contribution in [-0.2, 0) is 4.74 Å². The molecule has 1 heterocycles. The van der Waals surface area contributed by atoms with Gasteiger partial charge < -0.3 is 20.1 Å². The molecule has 2 rings (SSSR count). The van der Waals surface area contributed by atoms with Crippen molar-refractivity contribution in [3.05, 3.63) is 29.3 Å². The van der Waals surface area contributed by atoms with Crippen LogP contribution in [0.3, 0.4) is 0 Å². The largest absolute Gasteiger partial charge is 0.496 e. The van der Waals surface area contributed by atoms with Crippen LogP contribution in [-0.4, -0.2) is 42.7 Å². The molecule has 0 spiro atoms. The standard InChI is InChI=1S/C18H26N2O4/c1-18(2,3)24-17(22)20-9-5-6-13(11-20)12-7-8-14(16(19)21)15(10-12)23-4/h7-8,10,13H,5-6,9,11H2,1-4H3,(H2,19,21). The maximum absolute atomic E-state index is 12.3. The lowest BCUT2D eigenvalue weighted by molar-refractivity contribution is 0.0198. The van der Waals surface area contributed by atoms with Crippen molar-refractivity contribution in [3.63, 3.8) is 0 Å². The van der Waals surface area contributed by atoms with Crippen molar-refractivity contribution < 1.29 is 19.1 Å². The van der Waals surface area contributed by atoms with Gasteiger partial charge in [0, 0.05) is 19.0 Å². The molecule has 1 saturated heterocycles. The number of amides is 2. The van der Waals surface area contributed by atoms with E-state index in [-0.39, 0.29) is 12.0 Å². The van der Waals surface area contributed by atoms with E-state index in [0.29, 0.717) is 24.4 Å². The Morgan fingerprint density at radius 2 is 2.00 bits per heavy atom. The summed E-state index contributed by atoms with van der Waals surface area (Å²) in [6.45, 7) is 6.87. The molecule has 1 aromatic carbocycles. The normalized spacial score (nSPS) is 18.2. The zero-order valence-electron chi connectivity index (χ0n) is 14.8. The van der Waals surface area contributed by atoms with Crippen molar-refractivity contribution in [2.75, 3.05) is 20.2 Å². The molecule has 1 aromatic rings. The van der Waals surface area contributed by atoms with Crippen molar-refractivity contribution in [1.82, 2.24) is 4.90 Å². The lowest BCUT2D eigenvalue weighted by Crippen LogP contribution is -2.42. The van der Waals surface area contributed by atoms with Crippen molar-refractivity contribution in [2.45, 2.75) is 45.1 Å². The molecule has 0 bridgehead atoms. The molecule has 1 fully saturated rings. The predicted octanol–water partition coefficient (Wildman–Crippen LogP) is 2.91. The summed E-state index contributed by atoms with van der Waals surface area (Å²) in [5.74, 6) is 0.133. The van der Waals surface area contributed by atoms with Gasteiger partial charge in [0.2, 0.25) is 0 Å². The Bertz CT molecular complexity index is 622. The summed E-state index contributed by atoms with van der Waals surface area (Å²) in [5.41, 5.74) is 6.24. The van der Waals surface area contributed by atoms with Gasteiger partial charge >= 0.3 is 6.09 Å². The minimum Gasteiger partial charge on any atom is -0.496 e. The van der Waals surface area contributed by atoms with Gasteiger partial charge in [-0.15, -0.1) is 0 Å². The lowest BCUT2D eigenvalue weighted by Gasteiger charge is -2.34. The molecule has 0 aromatic heterocycles. The second kappa shape index (κ2) is 7.11. The van der Waals surface area contributed by atoms with Gasteiger partial charge in [0.05, 0.1) is 12.7 Å². The van der Waals surface area contributed by atoms with Crippen LogP contribution in [0, 0.1) is 0 Å². The molecule has 1 aliphatic rings. The number of nitrogens with zero attached hydrogens (tertiary/aromatic N) is 1. The highest BCUT2D eigenvalue weighted by Gasteiger charge is 2.28. The zero-order valence-corrected chi connectivity index (χ0v) is 14.8. The number of hydrogen-bond acceptors (Lipinski definition) is 4. The van der Waals surface area contributed by atoms with Gasteiger partial charge in [0.15, 0.2) is 0 Å². The van der Waals surface area contributed by atoms with E-state index >= 15 is 0 Å². The smallest absolute Gasteiger partial charge is 0.410 e. The number of piperidine rings is 1. The van der Waals surface area contributed by atoms with Gasteiger partial charge in [-0.2, -0.15) is 0 Å². The Morgan fingerprint density at radius 3 is 2.58 bits per heavy atom. The van der Waals surface area contributed by atoms with Gasteiger partial charge in [-0.3, -0.25) is 4.79 Å². The number of rotatable bonds is 3. The van der Waals surface area contributed by atoms with Gasteiger partial charge in [0.1, 0.15) is 11.4 Å². The summed E-state index contributed by atoms with van der Waals surface area (Å²) in [7, 11) is 1.51. The fraction of sp³-hybridized carbons (Fsp3) is 0.556. The van der Waals surface area contributed by atoms with E-state index in [9.17, 15) is 9.59 Å². The first-order valence-corrected chi connectivity index (χ1v) is 8.17. The molecule has 1 atom stereocenters. The minimum absolute atomic E-state index is 0.182. The zero-order chi connectivity index (χ0) is 17.9. The second-order valence-corrected chi connectivity index (χ2v) is 7.09.